The van der Waals surface area contributed by atoms with Crippen LogP contribution in [0.1, 0.15) is 18.3 Å². The maximum absolute atomic E-state index is 5.53. The van der Waals surface area contributed by atoms with E-state index in [2.05, 4.69) is 23.0 Å². The summed E-state index contributed by atoms with van der Waals surface area (Å²) in [5.74, 6) is 0. The minimum absolute atomic E-state index is 0.538. The van der Waals surface area contributed by atoms with Crippen LogP contribution in [-0.2, 0) is 13.6 Å². The van der Waals surface area contributed by atoms with E-state index in [0.717, 1.165) is 18.8 Å². The molecule has 5 heteroatoms. The van der Waals surface area contributed by atoms with Crippen molar-refractivity contribution in [1.29, 1.82) is 0 Å². The molecule has 2 N–H and O–H groups in total. The van der Waals surface area contributed by atoms with Crippen LogP contribution in [0.4, 0.5) is 0 Å². The summed E-state index contributed by atoms with van der Waals surface area (Å²) in [6, 6.07) is 2.09. The zero-order valence-corrected chi connectivity index (χ0v) is 10.3. The van der Waals surface area contributed by atoms with Gasteiger partial charge in [0.05, 0.1) is 16.4 Å². The Labute approximate surface area is 96.1 Å². The van der Waals surface area contributed by atoms with E-state index < -0.39 is 0 Å². The van der Waals surface area contributed by atoms with Crippen molar-refractivity contribution in [3.05, 3.63) is 17.5 Å². The quantitative estimate of drug-likeness (QED) is 0.756. The molecular weight excluding hydrogens is 208 g/mol. The maximum Gasteiger partial charge on any atom is 0.0870 e. The number of nitrogens with two attached hydrogens (primary N) is 1. The molecule has 0 bridgehead atoms. The Bertz CT molecular complexity index is 345. The third-order valence-corrected chi connectivity index (χ3v) is 2.44. The summed E-state index contributed by atoms with van der Waals surface area (Å²) in [5, 5.41) is 4.30. The van der Waals surface area contributed by atoms with Crippen LogP contribution < -0.4 is 5.73 Å². The molecule has 0 spiro atoms. The number of aromatic nitrogens is 2. The summed E-state index contributed by atoms with van der Waals surface area (Å²) in [6.45, 7) is 6.53. The largest absolute Gasteiger partial charge is 0.392 e. The molecule has 0 aliphatic heterocycles. The smallest absolute Gasteiger partial charge is 0.0870 e. The maximum atomic E-state index is 5.53. The van der Waals surface area contributed by atoms with Crippen molar-refractivity contribution in [3.63, 3.8) is 0 Å². The van der Waals surface area contributed by atoms with Crippen LogP contribution in [0.15, 0.2) is 6.07 Å². The van der Waals surface area contributed by atoms with Crippen molar-refractivity contribution in [3.8, 4) is 0 Å². The van der Waals surface area contributed by atoms with Crippen LogP contribution in [0.2, 0.25) is 0 Å². The second-order valence-electron chi connectivity index (χ2n) is 3.67. The highest BCUT2D eigenvalue weighted by atomic mass is 32.1. The van der Waals surface area contributed by atoms with Gasteiger partial charge in [-0.1, -0.05) is 19.1 Å². The number of thiocarbonyl (C=S) groups is 1. The van der Waals surface area contributed by atoms with Crippen molar-refractivity contribution in [2.24, 2.45) is 12.8 Å². The highest BCUT2D eigenvalue weighted by Gasteiger charge is 2.08. The van der Waals surface area contributed by atoms with Crippen molar-refractivity contribution >= 4 is 17.2 Å². The predicted octanol–water partition coefficient (Wildman–Crippen LogP) is 0.837. The van der Waals surface area contributed by atoms with Crippen molar-refractivity contribution < 1.29 is 0 Å². The fourth-order valence-corrected chi connectivity index (χ4v) is 1.72. The average molecular weight is 226 g/mol. The monoisotopic (exact) mass is 226 g/mol. The molecule has 0 unspecified atom stereocenters. The fraction of sp³-hybridized carbons (Fsp3) is 0.600. The molecule has 0 saturated heterocycles. The van der Waals surface area contributed by atoms with Gasteiger partial charge in [-0.2, -0.15) is 5.10 Å². The molecule has 15 heavy (non-hydrogen) atoms. The van der Waals surface area contributed by atoms with Gasteiger partial charge in [0.25, 0.3) is 0 Å². The molecule has 4 nitrogen and oxygen atoms in total. The van der Waals surface area contributed by atoms with Crippen LogP contribution in [-0.4, -0.2) is 32.8 Å². The van der Waals surface area contributed by atoms with Crippen LogP contribution in [0, 0.1) is 6.92 Å². The van der Waals surface area contributed by atoms with Gasteiger partial charge in [0, 0.05) is 20.1 Å². The average Bonchev–Trinajstić information content (AvgIpc) is 2.43. The van der Waals surface area contributed by atoms with Crippen LogP contribution >= 0.6 is 12.2 Å². The van der Waals surface area contributed by atoms with Crippen LogP contribution in [0.3, 0.4) is 0 Å². The third kappa shape index (κ3) is 3.60. The van der Waals surface area contributed by atoms with Crippen molar-refractivity contribution in [1.82, 2.24) is 14.7 Å². The Morgan fingerprint density at radius 3 is 2.73 bits per heavy atom. The van der Waals surface area contributed by atoms with Gasteiger partial charge in [-0.15, -0.1) is 0 Å². The van der Waals surface area contributed by atoms with Gasteiger partial charge in [-0.25, -0.2) is 0 Å². The molecule has 0 saturated carbocycles. The lowest BCUT2D eigenvalue weighted by atomic mass is 10.3. The Hall–Kier alpha value is -0.940. The molecule has 1 aromatic rings. The molecule has 0 amide bonds. The summed E-state index contributed by atoms with van der Waals surface area (Å²) in [5.41, 5.74) is 7.76. The van der Waals surface area contributed by atoms with E-state index in [0.29, 0.717) is 11.5 Å². The molecule has 0 aliphatic carbocycles. The van der Waals surface area contributed by atoms with E-state index >= 15 is 0 Å². The molecular formula is C10H18N4S. The molecule has 0 aliphatic rings. The zero-order chi connectivity index (χ0) is 11.4. The number of hydrogen-bond acceptors (Lipinski definition) is 3. The summed E-state index contributed by atoms with van der Waals surface area (Å²) >= 11 is 4.91. The van der Waals surface area contributed by atoms with Gasteiger partial charge in [-0.05, 0) is 19.5 Å². The van der Waals surface area contributed by atoms with E-state index in [1.165, 1.54) is 5.69 Å². The normalized spacial score (nSPS) is 10.9. The van der Waals surface area contributed by atoms with Crippen molar-refractivity contribution in [2.75, 3.05) is 13.1 Å². The zero-order valence-electron chi connectivity index (χ0n) is 9.53. The Morgan fingerprint density at radius 2 is 2.33 bits per heavy atom. The second kappa shape index (κ2) is 5.23. The Kier molecular flexibility index (Phi) is 4.23. The van der Waals surface area contributed by atoms with Crippen molar-refractivity contribution in [2.45, 2.75) is 20.4 Å². The number of likely N-dealkylation sites (N-methyl/N-ethyl adjacent to an activating group) is 1. The summed E-state index contributed by atoms with van der Waals surface area (Å²) in [7, 11) is 1.96. The lowest BCUT2D eigenvalue weighted by Crippen LogP contribution is -2.32. The summed E-state index contributed by atoms with van der Waals surface area (Å²) < 4.78 is 1.90. The molecule has 84 valence electrons. The summed E-state index contributed by atoms with van der Waals surface area (Å²) in [4.78, 5) is 2.73. The molecule has 0 fully saturated rings. The number of rotatable bonds is 5. The molecule has 1 heterocycles. The lowest BCUT2D eigenvalue weighted by molar-refractivity contribution is 0.311. The third-order valence-electron chi connectivity index (χ3n) is 2.31. The Balaban J connectivity index is 2.66. The highest BCUT2D eigenvalue weighted by molar-refractivity contribution is 7.80. The minimum atomic E-state index is 0.538. The lowest BCUT2D eigenvalue weighted by Gasteiger charge is -2.19. The van der Waals surface area contributed by atoms with E-state index in [1.54, 1.807) is 0 Å². The number of nitrogens with zero attached hydrogens (tertiary/aromatic N) is 3. The van der Waals surface area contributed by atoms with Gasteiger partial charge in [0.1, 0.15) is 0 Å². The topological polar surface area (TPSA) is 47.1 Å². The van der Waals surface area contributed by atoms with E-state index in [4.69, 9.17) is 18.0 Å². The van der Waals surface area contributed by atoms with Gasteiger partial charge < -0.3 is 5.73 Å². The standard InChI is InChI=1S/C10H18N4S/c1-4-14(7-10(11)15)6-9-5-8(2)12-13(9)3/h5H,4,6-7H2,1-3H3,(H2,11,15). The summed E-state index contributed by atoms with van der Waals surface area (Å²) in [6.07, 6.45) is 0. The molecule has 0 aromatic carbocycles. The van der Waals surface area contributed by atoms with Gasteiger partial charge >= 0.3 is 0 Å². The SMILES string of the molecule is CCN(CC(N)=S)Cc1cc(C)nn1C. The first-order valence-corrected chi connectivity index (χ1v) is 5.44. The number of hydrogen-bond donors (Lipinski definition) is 1. The Morgan fingerprint density at radius 1 is 1.67 bits per heavy atom. The van der Waals surface area contributed by atoms with Crippen LogP contribution in [0.5, 0.6) is 0 Å². The predicted molar refractivity (Wildman–Crippen MR) is 65.7 cm³/mol. The van der Waals surface area contributed by atoms with Gasteiger partial charge in [-0.3, -0.25) is 9.58 Å². The first-order chi connectivity index (χ1) is 7.02. The van der Waals surface area contributed by atoms with Gasteiger partial charge in [0.15, 0.2) is 0 Å². The molecule has 0 atom stereocenters. The van der Waals surface area contributed by atoms with Gasteiger partial charge in [0.2, 0.25) is 0 Å². The van der Waals surface area contributed by atoms with Crippen LogP contribution in [0.25, 0.3) is 0 Å². The van der Waals surface area contributed by atoms with E-state index in [1.807, 2.05) is 18.7 Å². The highest BCUT2D eigenvalue weighted by Crippen LogP contribution is 2.05. The first-order valence-electron chi connectivity index (χ1n) is 5.03. The first kappa shape index (κ1) is 12.1. The minimum Gasteiger partial charge on any atom is -0.392 e. The fourth-order valence-electron chi connectivity index (χ4n) is 1.54. The number of aryl methyl sites for hydroxylation is 2. The van der Waals surface area contributed by atoms with E-state index in [-0.39, 0.29) is 0 Å². The second-order valence-corrected chi connectivity index (χ2v) is 4.19. The molecule has 0 radical (unpaired) electrons. The van der Waals surface area contributed by atoms with E-state index in [9.17, 15) is 0 Å². The molecule has 1 rings (SSSR count). The molecule has 1 aromatic heterocycles.